The Labute approximate surface area is 142 Å². The lowest BCUT2D eigenvalue weighted by molar-refractivity contribution is -0.00686. The minimum atomic E-state index is -0.467. The molecule has 0 radical (unpaired) electrons. The van der Waals surface area contributed by atoms with Crippen LogP contribution in [0.1, 0.15) is 34.3 Å². The van der Waals surface area contributed by atoms with Crippen molar-refractivity contribution in [3.63, 3.8) is 0 Å². The average Bonchev–Trinajstić information content (AvgIpc) is 2.60. The van der Waals surface area contributed by atoms with E-state index in [4.69, 9.17) is 4.74 Å². The van der Waals surface area contributed by atoms with Crippen LogP contribution in [0.2, 0.25) is 0 Å². The van der Waals surface area contributed by atoms with E-state index in [9.17, 15) is 9.18 Å². The molecule has 24 heavy (non-hydrogen) atoms. The first-order chi connectivity index (χ1) is 11.6. The summed E-state index contributed by atoms with van der Waals surface area (Å²) in [6.45, 7) is 3.75. The summed E-state index contributed by atoms with van der Waals surface area (Å²) in [5, 5.41) is 0. The maximum Gasteiger partial charge on any atom is 0.256 e. The molecule has 0 N–H and O–H groups in total. The lowest BCUT2D eigenvalue weighted by Gasteiger charge is -2.32. The van der Waals surface area contributed by atoms with Gasteiger partial charge in [-0.15, -0.1) is 0 Å². The van der Waals surface area contributed by atoms with Gasteiger partial charge in [0.2, 0.25) is 0 Å². The van der Waals surface area contributed by atoms with E-state index in [2.05, 4.69) is 19.1 Å². The van der Waals surface area contributed by atoms with Gasteiger partial charge in [0.25, 0.3) is 5.91 Å². The van der Waals surface area contributed by atoms with Gasteiger partial charge in [0.05, 0.1) is 18.3 Å². The number of rotatable bonds is 4. The predicted octanol–water partition coefficient (Wildman–Crippen LogP) is 3.96. The van der Waals surface area contributed by atoms with Crippen LogP contribution in [0.15, 0.2) is 48.5 Å². The lowest BCUT2D eigenvalue weighted by atomic mass is 10.1. The van der Waals surface area contributed by atoms with Crippen molar-refractivity contribution in [1.82, 2.24) is 4.90 Å². The number of benzene rings is 2. The van der Waals surface area contributed by atoms with Gasteiger partial charge in [0.1, 0.15) is 5.82 Å². The zero-order valence-corrected chi connectivity index (χ0v) is 13.9. The molecule has 1 unspecified atom stereocenters. The number of nitrogens with zero attached hydrogens (tertiary/aromatic N) is 1. The van der Waals surface area contributed by atoms with E-state index in [1.165, 1.54) is 17.7 Å². The van der Waals surface area contributed by atoms with E-state index in [0.29, 0.717) is 19.7 Å². The normalized spacial score (nSPS) is 17.8. The molecule has 0 aromatic heterocycles. The van der Waals surface area contributed by atoms with Crippen LogP contribution in [-0.4, -0.2) is 30.0 Å². The molecule has 0 bridgehead atoms. The van der Waals surface area contributed by atoms with Crippen molar-refractivity contribution in [2.45, 2.75) is 32.5 Å². The van der Waals surface area contributed by atoms with Crippen LogP contribution < -0.4 is 0 Å². The number of amides is 1. The molecule has 2 aromatic rings. The highest BCUT2D eigenvalue weighted by Crippen LogP contribution is 2.19. The number of hydrogen-bond donors (Lipinski definition) is 0. The number of ether oxygens (including phenoxy) is 1. The highest BCUT2D eigenvalue weighted by molar-refractivity contribution is 5.94. The average molecular weight is 327 g/mol. The molecule has 1 fully saturated rings. The van der Waals surface area contributed by atoms with Crippen LogP contribution in [0.3, 0.4) is 0 Å². The minimum Gasteiger partial charge on any atom is -0.372 e. The highest BCUT2D eigenvalue weighted by Gasteiger charge is 2.26. The van der Waals surface area contributed by atoms with E-state index in [-0.39, 0.29) is 17.6 Å². The second kappa shape index (κ2) is 7.58. The molecular weight excluding hydrogens is 305 g/mol. The Balaban J connectivity index is 1.60. The van der Waals surface area contributed by atoms with Gasteiger partial charge >= 0.3 is 0 Å². The van der Waals surface area contributed by atoms with Crippen molar-refractivity contribution >= 4 is 5.91 Å². The van der Waals surface area contributed by atoms with Crippen LogP contribution in [0.25, 0.3) is 0 Å². The van der Waals surface area contributed by atoms with Crippen molar-refractivity contribution in [3.05, 3.63) is 71.0 Å². The maximum absolute atomic E-state index is 13.8. The van der Waals surface area contributed by atoms with Gasteiger partial charge in [-0.05, 0) is 37.5 Å². The van der Waals surface area contributed by atoms with Crippen LogP contribution >= 0.6 is 0 Å². The smallest absolute Gasteiger partial charge is 0.256 e. The van der Waals surface area contributed by atoms with E-state index in [1.807, 2.05) is 12.1 Å². The lowest BCUT2D eigenvalue weighted by Crippen LogP contribution is -2.43. The largest absolute Gasteiger partial charge is 0.372 e. The number of halogens is 1. The number of hydrogen-bond acceptors (Lipinski definition) is 2. The molecule has 126 valence electrons. The summed E-state index contributed by atoms with van der Waals surface area (Å²) in [6, 6.07) is 14.4. The topological polar surface area (TPSA) is 29.5 Å². The molecule has 1 amide bonds. The summed E-state index contributed by atoms with van der Waals surface area (Å²) >= 11 is 0. The van der Waals surface area contributed by atoms with Crippen molar-refractivity contribution in [2.75, 3.05) is 13.1 Å². The van der Waals surface area contributed by atoms with Crippen molar-refractivity contribution < 1.29 is 13.9 Å². The number of likely N-dealkylation sites (tertiary alicyclic amines) is 1. The van der Waals surface area contributed by atoms with Gasteiger partial charge in [-0.3, -0.25) is 4.79 Å². The third kappa shape index (κ3) is 4.01. The highest BCUT2D eigenvalue weighted by atomic mass is 19.1. The fourth-order valence-corrected chi connectivity index (χ4v) is 3.08. The molecular formula is C20H22FNO2. The SMILES string of the molecule is Cc1cccc(COC2CCCN(C(=O)c3ccccc3F)C2)c1. The van der Waals surface area contributed by atoms with Crippen molar-refractivity contribution in [1.29, 1.82) is 0 Å². The van der Waals surface area contributed by atoms with E-state index >= 15 is 0 Å². The minimum absolute atomic E-state index is 0.00464. The maximum atomic E-state index is 13.8. The second-order valence-corrected chi connectivity index (χ2v) is 6.30. The Morgan fingerprint density at radius 1 is 1.25 bits per heavy atom. The standard InChI is InChI=1S/C20H22FNO2/c1-15-6-4-7-16(12-15)14-24-17-8-5-11-22(13-17)20(23)18-9-2-3-10-19(18)21/h2-4,6-7,9-10,12,17H,5,8,11,13-14H2,1H3. The van der Waals surface area contributed by atoms with Gasteiger partial charge < -0.3 is 9.64 Å². The van der Waals surface area contributed by atoms with Gasteiger partial charge in [-0.25, -0.2) is 4.39 Å². The Hall–Kier alpha value is -2.20. The quantitative estimate of drug-likeness (QED) is 0.851. The summed E-state index contributed by atoms with van der Waals surface area (Å²) < 4.78 is 19.8. The van der Waals surface area contributed by atoms with Gasteiger partial charge in [-0.1, -0.05) is 42.0 Å². The third-order valence-electron chi connectivity index (χ3n) is 4.34. The van der Waals surface area contributed by atoms with Gasteiger partial charge in [-0.2, -0.15) is 0 Å². The fourth-order valence-electron chi connectivity index (χ4n) is 3.08. The fraction of sp³-hybridized carbons (Fsp3) is 0.350. The molecule has 1 atom stereocenters. The molecule has 2 aromatic carbocycles. The summed E-state index contributed by atoms with van der Waals surface area (Å²) in [5.41, 5.74) is 2.47. The molecule has 1 aliphatic heterocycles. The second-order valence-electron chi connectivity index (χ2n) is 6.30. The Morgan fingerprint density at radius 3 is 2.88 bits per heavy atom. The number of aryl methyl sites for hydroxylation is 1. The molecule has 0 spiro atoms. The zero-order chi connectivity index (χ0) is 16.9. The third-order valence-corrected chi connectivity index (χ3v) is 4.34. The first-order valence-corrected chi connectivity index (χ1v) is 8.34. The first kappa shape index (κ1) is 16.7. The number of carbonyl (C=O) groups excluding carboxylic acids is 1. The molecule has 1 aliphatic rings. The molecule has 4 heteroatoms. The Bertz CT molecular complexity index is 716. The van der Waals surface area contributed by atoms with Crippen LogP contribution in [-0.2, 0) is 11.3 Å². The van der Waals surface area contributed by atoms with E-state index in [0.717, 1.165) is 18.4 Å². The first-order valence-electron chi connectivity index (χ1n) is 8.34. The summed E-state index contributed by atoms with van der Waals surface area (Å²) in [6.07, 6.45) is 1.79. The molecule has 0 aliphatic carbocycles. The molecule has 1 heterocycles. The van der Waals surface area contributed by atoms with Gasteiger partial charge in [0, 0.05) is 13.1 Å². The molecule has 0 saturated carbocycles. The summed E-state index contributed by atoms with van der Waals surface area (Å²) in [7, 11) is 0. The molecule has 3 rings (SSSR count). The Kier molecular flexibility index (Phi) is 5.26. The summed E-state index contributed by atoms with van der Waals surface area (Å²) in [4.78, 5) is 14.2. The van der Waals surface area contributed by atoms with Crippen LogP contribution in [0.5, 0.6) is 0 Å². The number of carbonyl (C=O) groups is 1. The van der Waals surface area contributed by atoms with Crippen molar-refractivity contribution in [2.24, 2.45) is 0 Å². The monoisotopic (exact) mass is 327 g/mol. The van der Waals surface area contributed by atoms with Crippen LogP contribution in [0, 0.1) is 12.7 Å². The number of piperidine rings is 1. The predicted molar refractivity (Wildman–Crippen MR) is 91.3 cm³/mol. The van der Waals surface area contributed by atoms with Gasteiger partial charge in [0.15, 0.2) is 0 Å². The van der Waals surface area contributed by atoms with Crippen LogP contribution in [0.4, 0.5) is 4.39 Å². The van der Waals surface area contributed by atoms with E-state index in [1.54, 1.807) is 17.0 Å². The Morgan fingerprint density at radius 2 is 2.08 bits per heavy atom. The summed E-state index contributed by atoms with van der Waals surface area (Å²) in [5.74, 6) is -0.720. The molecule has 1 saturated heterocycles. The van der Waals surface area contributed by atoms with E-state index < -0.39 is 5.82 Å². The zero-order valence-electron chi connectivity index (χ0n) is 13.9. The molecule has 3 nitrogen and oxygen atoms in total. The van der Waals surface area contributed by atoms with Crippen molar-refractivity contribution in [3.8, 4) is 0 Å².